The summed E-state index contributed by atoms with van der Waals surface area (Å²) in [5.41, 5.74) is 0. The molecular weight excluding hydrogens is 499 g/mol. The minimum atomic E-state index is -2.06. The average molecular weight is 544 g/mol. The van der Waals surface area contributed by atoms with Crippen molar-refractivity contribution in [3.8, 4) is 0 Å². The van der Waals surface area contributed by atoms with Gasteiger partial charge in [0.05, 0.1) is 34.5 Å². The lowest BCUT2D eigenvalue weighted by Crippen LogP contribution is -2.34. The molecule has 0 aliphatic heterocycles. The van der Waals surface area contributed by atoms with E-state index in [0.29, 0.717) is 39.3 Å². The Hall–Kier alpha value is -1.42. The fourth-order valence-electron chi connectivity index (χ4n) is 3.01. The summed E-state index contributed by atoms with van der Waals surface area (Å²) in [5, 5.41) is -2.06. The molecule has 0 bridgehead atoms. The van der Waals surface area contributed by atoms with Gasteiger partial charge in [0.2, 0.25) is 0 Å². The van der Waals surface area contributed by atoms with Gasteiger partial charge >= 0.3 is 11.9 Å². The van der Waals surface area contributed by atoms with Gasteiger partial charge in [0.25, 0.3) is 0 Å². The quantitative estimate of drug-likeness (QED) is 0.0778. The first-order valence-electron chi connectivity index (χ1n) is 12.6. The van der Waals surface area contributed by atoms with Crippen LogP contribution in [0.4, 0.5) is 0 Å². The van der Waals surface area contributed by atoms with Crippen LogP contribution >= 0.6 is 23.2 Å². The number of hydrogen-bond acceptors (Lipinski definition) is 8. The normalized spacial score (nSPS) is 15.4. The van der Waals surface area contributed by atoms with E-state index in [1.165, 1.54) is 0 Å². The molecule has 0 amide bonds. The summed E-state index contributed by atoms with van der Waals surface area (Å²) in [6, 6.07) is 0. The Morgan fingerprint density at radius 1 is 0.914 bits per heavy atom. The van der Waals surface area contributed by atoms with E-state index < -0.39 is 23.5 Å². The lowest BCUT2D eigenvalue weighted by Gasteiger charge is -2.22. The zero-order chi connectivity index (χ0) is 28.7. The Kier molecular flexibility index (Phi) is 23.2. The van der Waals surface area contributed by atoms with E-state index in [1.807, 2.05) is 19.1 Å². The number of esters is 2. The van der Waals surface area contributed by atoms with Gasteiger partial charge in [0.15, 0.2) is 12.2 Å². The first-order valence-corrected chi connectivity index (χ1v) is 12.4. The smallest absolute Gasteiger partial charge is 0.338 e. The maximum Gasteiger partial charge on any atom is 0.338 e. The molecule has 0 saturated heterocycles. The number of hydrogen-bond donors (Lipinski definition) is 0. The lowest BCUT2D eigenvalue weighted by molar-refractivity contribution is -0.326. The number of carbonyl (C=O) groups excluding carboxylic acids is 2. The van der Waals surface area contributed by atoms with Crippen molar-refractivity contribution in [2.24, 2.45) is 11.8 Å². The van der Waals surface area contributed by atoms with Crippen molar-refractivity contribution in [1.82, 2.24) is 0 Å². The molecule has 0 aromatic carbocycles. The number of allylic oxidation sites excluding steroid dienone is 4. The molecule has 1 aliphatic rings. The fourth-order valence-corrected chi connectivity index (χ4v) is 3.01. The number of halogens is 2. The third kappa shape index (κ3) is 17.6. The molecule has 0 saturated carbocycles. The maximum atomic E-state index is 11.7. The third-order valence-electron chi connectivity index (χ3n) is 4.46. The third-order valence-corrected chi connectivity index (χ3v) is 4.46. The van der Waals surface area contributed by atoms with E-state index in [4.69, 9.17) is 31.8 Å². The van der Waals surface area contributed by atoms with Gasteiger partial charge in [-0.3, -0.25) is 0 Å². The second kappa shape index (κ2) is 25.7. The molecule has 0 fully saturated rings. The molecule has 0 radical (unpaired) electrons. The Morgan fingerprint density at radius 3 is 1.80 bits per heavy atom. The summed E-state index contributed by atoms with van der Waals surface area (Å²) < 4.78 is 22.2. The topological polar surface area (TPSA) is 89.5 Å². The molecule has 204 valence electrons. The van der Waals surface area contributed by atoms with Crippen molar-refractivity contribution in [3.63, 3.8) is 0 Å². The molecule has 8 nitrogen and oxygen atoms in total. The summed E-state index contributed by atoms with van der Waals surface area (Å²) in [6.07, 6.45) is 9.23. The fraction of sp³-hybridized carbons (Fsp3) is 0.680. The number of ether oxygens (including phenoxy) is 2. The molecule has 1 rings (SSSR count). The molecule has 2 atom stereocenters. The second-order valence-corrected chi connectivity index (χ2v) is 7.51. The van der Waals surface area contributed by atoms with Crippen LogP contribution < -0.4 is 0 Å². The van der Waals surface area contributed by atoms with Crippen molar-refractivity contribution in [3.05, 3.63) is 37.5 Å². The minimum absolute atomic E-state index is 0.0596. The summed E-state index contributed by atoms with van der Waals surface area (Å²) in [5.74, 6) is -0.652. The van der Waals surface area contributed by atoms with Crippen molar-refractivity contribution >= 4 is 35.1 Å². The average Bonchev–Trinajstić information content (AvgIpc) is 3.34. The van der Waals surface area contributed by atoms with Crippen molar-refractivity contribution < 1.29 is 41.4 Å². The van der Waals surface area contributed by atoms with Gasteiger partial charge in [-0.15, -0.1) is 36.4 Å². The predicted octanol–water partition coefficient (Wildman–Crippen LogP) is 5.93. The molecule has 2 unspecified atom stereocenters. The van der Waals surface area contributed by atoms with E-state index in [1.54, 1.807) is 32.9 Å². The van der Waals surface area contributed by atoms with Crippen LogP contribution in [0.1, 0.15) is 56.1 Å². The standard InChI is InChI=1S/C13H22O4.C11H18O4.CH2Cl2/c1-5-9-11(10-6-2)12(17-16-8-4)13(14)15-7-3;1-3-13-11(12)10(15-14-4-2)9-7-5-6-8-9;2-1-3/h5-6,11-12H,1-2,7-10H2,3-4H3;5-6,9-10H,3-4,7-8H2,1-2H3;1H2/i;;1D2. The predicted molar refractivity (Wildman–Crippen MR) is 138 cm³/mol. The molecule has 0 spiro atoms. The highest BCUT2D eigenvalue weighted by Gasteiger charge is 2.32. The molecule has 35 heavy (non-hydrogen) atoms. The molecule has 0 aromatic heterocycles. The first-order chi connectivity index (χ1) is 17.5. The molecule has 10 heteroatoms. The van der Waals surface area contributed by atoms with Gasteiger partial charge in [0.1, 0.15) is 0 Å². The monoisotopic (exact) mass is 542 g/mol. The number of rotatable bonds is 16. The number of alkyl halides is 2. The molecule has 0 aromatic rings. The Morgan fingerprint density at radius 2 is 1.37 bits per heavy atom. The highest BCUT2D eigenvalue weighted by Crippen LogP contribution is 2.25. The van der Waals surface area contributed by atoms with Crippen LogP contribution in [-0.2, 0) is 38.6 Å². The Bertz CT molecular complexity index is 635. The van der Waals surface area contributed by atoms with Crippen LogP contribution in [0.25, 0.3) is 0 Å². The van der Waals surface area contributed by atoms with Gasteiger partial charge in [-0.2, -0.15) is 0 Å². The zero-order valence-electron chi connectivity index (χ0n) is 23.2. The lowest BCUT2D eigenvalue weighted by atomic mass is 9.95. The molecule has 0 heterocycles. The zero-order valence-corrected chi connectivity index (χ0v) is 22.7. The SMILES string of the molecule is C=CCC(CC=C)C(OOCC)C(=O)OCC.CCOOC(C(=O)OCC)C1CC=CC1.[2H]C([2H])(Cl)Cl. The van der Waals surface area contributed by atoms with Crippen LogP contribution in [-0.4, -0.2) is 55.9 Å². The largest absolute Gasteiger partial charge is 0.464 e. The van der Waals surface area contributed by atoms with Crippen LogP contribution in [0, 0.1) is 11.8 Å². The van der Waals surface area contributed by atoms with Crippen molar-refractivity contribution in [1.29, 1.82) is 0 Å². The first kappa shape index (κ1) is 31.6. The molecular formula is C25H42Cl2O8. The van der Waals surface area contributed by atoms with Crippen LogP contribution in [0.15, 0.2) is 37.5 Å². The van der Waals surface area contributed by atoms with E-state index in [9.17, 15) is 9.59 Å². The van der Waals surface area contributed by atoms with Gasteiger partial charge < -0.3 is 9.47 Å². The summed E-state index contributed by atoms with van der Waals surface area (Å²) in [4.78, 5) is 43.2. The van der Waals surface area contributed by atoms with Crippen molar-refractivity contribution in [2.45, 2.75) is 65.6 Å². The van der Waals surface area contributed by atoms with Crippen molar-refractivity contribution in [2.75, 3.05) is 31.7 Å². The number of carbonyl (C=O) groups is 2. The van der Waals surface area contributed by atoms with Crippen LogP contribution in [0.2, 0.25) is 0 Å². The molecule has 0 N–H and O–H groups in total. The Labute approximate surface area is 223 Å². The van der Waals surface area contributed by atoms with Crippen LogP contribution in [0.3, 0.4) is 0 Å². The maximum absolute atomic E-state index is 11.7. The van der Waals surface area contributed by atoms with Gasteiger partial charge in [-0.1, -0.05) is 24.3 Å². The van der Waals surface area contributed by atoms with Crippen LogP contribution in [0.5, 0.6) is 0 Å². The second-order valence-electron chi connectivity index (χ2n) is 6.93. The van der Waals surface area contributed by atoms with Gasteiger partial charge in [0, 0.05) is 11.8 Å². The summed E-state index contributed by atoms with van der Waals surface area (Å²) in [6.45, 7) is 16.0. The van der Waals surface area contributed by atoms with E-state index >= 15 is 0 Å². The summed E-state index contributed by atoms with van der Waals surface area (Å²) >= 11 is 9.26. The molecule has 1 aliphatic carbocycles. The summed E-state index contributed by atoms with van der Waals surface area (Å²) in [7, 11) is 0. The van der Waals surface area contributed by atoms with Gasteiger partial charge in [-0.25, -0.2) is 29.1 Å². The van der Waals surface area contributed by atoms with Gasteiger partial charge in [-0.05, 0) is 53.4 Å². The van der Waals surface area contributed by atoms with E-state index in [0.717, 1.165) is 12.8 Å². The highest BCUT2D eigenvalue weighted by molar-refractivity contribution is 6.40. The Balaban J connectivity index is 0. The minimum Gasteiger partial charge on any atom is -0.464 e. The van der Waals surface area contributed by atoms with E-state index in [-0.39, 0.29) is 17.8 Å². The van der Waals surface area contributed by atoms with E-state index in [2.05, 4.69) is 36.4 Å². The highest BCUT2D eigenvalue weighted by atomic mass is 35.5.